The van der Waals surface area contributed by atoms with Crippen LogP contribution in [0.25, 0.3) is 0 Å². The lowest BCUT2D eigenvalue weighted by Gasteiger charge is -2.12. The molecule has 0 unspecified atom stereocenters. The van der Waals surface area contributed by atoms with E-state index in [0.29, 0.717) is 63.6 Å². The molecule has 6 heteroatoms. The van der Waals surface area contributed by atoms with Crippen LogP contribution in [0.3, 0.4) is 0 Å². The van der Waals surface area contributed by atoms with Gasteiger partial charge in [-0.3, -0.25) is 9.59 Å². The SMILES string of the molecule is COCCOCCc1cc(C#Cc2ccc(C=O)cc2)c(CCOCCOC)cc1C#Cc1ccc(C=O)cc1. The van der Waals surface area contributed by atoms with E-state index in [9.17, 15) is 9.59 Å². The van der Waals surface area contributed by atoms with Crippen LogP contribution in [0.2, 0.25) is 0 Å². The van der Waals surface area contributed by atoms with Crippen molar-refractivity contribution in [3.63, 3.8) is 0 Å². The molecule has 0 spiro atoms. The minimum Gasteiger partial charge on any atom is -0.382 e. The van der Waals surface area contributed by atoms with E-state index >= 15 is 0 Å². The largest absolute Gasteiger partial charge is 0.382 e. The van der Waals surface area contributed by atoms with Gasteiger partial charge in [0.1, 0.15) is 12.6 Å². The molecular formula is C34H34O6. The standard InChI is InChI=1S/C34H34O6/c1-37-19-21-39-17-15-33-23-32(14-12-28-5-9-30(26-36)10-6-28)34(16-18-40-22-20-38-2)24-31(33)13-11-27-3-7-29(25-35)8-4-27/h3-10,23-26H,15-22H2,1-2H3. The van der Waals surface area contributed by atoms with Crippen LogP contribution < -0.4 is 0 Å². The molecule has 0 N–H and O–H groups in total. The van der Waals surface area contributed by atoms with Crippen molar-refractivity contribution in [2.24, 2.45) is 0 Å². The monoisotopic (exact) mass is 538 g/mol. The van der Waals surface area contributed by atoms with Crippen LogP contribution >= 0.6 is 0 Å². The molecule has 0 heterocycles. The number of rotatable bonds is 14. The van der Waals surface area contributed by atoms with Crippen molar-refractivity contribution in [1.29, 1.82) is 0 Å². The van der Waals surface area contributed by atoms with E-state index in [4.69, 9.17) is 18.9 Å². The molecule has 0 atom stereocenters. The summed E-state index contributed by atoms with van der Waals surface area (Å²) in [6.45, 7) is 3.13. The molecule has 6 nitrogen and oxygen atoms in total. The van der Waals surface area contributed by atoms with Gasteiger partial charge in [-0.05, 0) is 60.4 Å². The molecule has 0 saturated heterocycles. The highest BCUT2D eigenvalue weighted by atomic mass is 16.5. The van der Waals surface area contributed by atoms with Crippen LogP contribution in [0.15, 0.2) is 60.7 Å². The Morgan fingerprint density at radius 1 is 0.550 bits per heavy atom. The Balaban J connectivity index is 1.97. The predicted molar refractivity (Wildman–Crippen MR) is 155 cm³/mol. The number of benzene rings is 3. The third-order valence-electron chi connectivity index (χ3n) is 6.00. The summed E-state index contributed by atoms with van der Waals surface area (Å²) in [6.07, 6.45) is 2.95. The van der Waals surface area contributed by atoms with Gasteiger partial charge >= 0.3 is 0 Å². The number of carbonyl (C=O) groups excluding carboxylic acids is 2. The topological polar surface area (TPSA) is 71.1 Å². The molecular weight excluding hydrogens is 504 g/mol. The van der Waals surface area contributed by atoms with Gasteiger partial charge < -0.3 is 18.9 Å². The maximum atomic E-state index is 11.0. The van der Waals surface area contributed by atoms with E-state index in [1.807, 2.05) is 24.3 Å². The number of ether oxygens (including phenoxy) is 4. The first kappa shape index (κ1) is 30.5. The Hall–Kier alpha value is -4.04. The maximum Gasteiger partial charge on any atom is 0.150 e. The van der Waals surface area contributed by atoms with Crippen LogP contribution in [-0.2, 0) is 31.8 Å². The van der Waals surface area contributed by atoms with Gasteiger partial charge in [-0.15, -0.1) is 0 Å². The van der Waals surface area contributed by atoms with E-state index in [1.165, 1.54) is 0 Å². The fourth-order valence-electron chi connectivity index (χ4n) is 3.76. The van der Waals surface area contributed by atoms with E-state index in [-0.39, 0.29) is 0 Å². The van der Waals surface area contributed by atoms with E-state index in [1.54, 1.807) is 38.5 Å². The summed E-state index contributed by atoms with van der Waals surface area (Å²) >= 11 is 0. The molecule has 40 heavy (non-hydrogen) atoms. The zero-order valence-corrected chi connectivity index (χ0v) is 23.0. The average molecular weight is 539 g/mol. The Morgan fingerprint density at radius 2 is 0.950 bits per heavy atom. The average Bonchev–Trinajstić information content (AvgIpc) is 3.00. The van der Waals surface area contributed by atoms with Crippen molar-refractivity contribution in [3.8, 4) is 23.7 Å². The van der Waals surface area contributed by atoms with Crippen LogP contribution in [-0.4, -0.2) is 66.4 Å². The van der Waals surface area contributed by atoms with E-state index in [2.05, 4.69) is 35.8 Å². The molecule has 0 aromatic heterocycles. The van der Waals surface area contributed by atoms with Crippen molar-refractivity contribution in [3.05, 3.63) is 105 Å². The lowest BCUT2D eigenvalue weighted by molar-refractivity contribution is 0.0720. The third-order valence-corrected chi connectivity index (χ3v) is 6.00. The Labute approximate surface area is 236 Å². The van der Waals surface area contributed by atoms with Gasteiger partial charge in [0.15, 0.2) is 0 Å². The minimum atomic E-state index is 0.515. The van der Waals surface area contributed by atoms with Gasteiger partial charge in [-0.2, -0.15) is 0 Å². The highest BCUT2D eigenvalue weighted by molar-refractivity contribution is 5.75. The summed E-state index contributed by atoms with van der Waals surface area (Å²) in [5, 5.41) is 0. The molecule has 0 fully saturated rings. The lowest BCUT2D eigenvalue weighted by atomic mass is 9.95. The summed E-state index contributed by atoms with van der Waals surface area (Å²) in [4.78, 5) is 22.0. The molecule has 0 aliphatic heterocycles. The fraction of sp³-hybridized carbons (Fsp3) is 0.294. The summed E-state index contributed by atoms with van der Waals surface area (Å²) in [6, 6.07) is 18.5. The van der Waals surface area contributed by atoms with Crippen molar-refractivity contribution in [2.75, 3.05) is 53.9 Å². The first-order chi connectivity index (χ1) is 19.7. The number of methoxy groups -OCH3 is 2. The highest BCUT2D eigenvalue weighted by Gasteiger charge is 2.09. The van der Waals surface area contributed by atoms with E-state index in [0.717, 1.165) is 46.0 Å². The number of aldehydes is 2. The second-order valence-electron chi connectivity index (χ2n) is 8.86. The first-order valence-electron chi connectivity index (χ1n) is 13.1. The molecule has 3 rings (SSSR count). The molecule has 0 aliphatic rings. The summed E-state index contributed by atoms with van der Waals surface area (Å²) in [5.41, 5.74) is 6.70. The Morgan fingerprint density at radius 3 is 1.30 bits per heavy atom. The van der Waals surface area contributed by atoms with Crippen molar-refractivity contribution >= 4 is 12.6 Å². The Kier molecular flexibility index (Phi) is 13.4. The summed E-state index contributed by atoms with van der Waals surface area (Å²) in [7, 11) is 3.29. The van der Waals surface area contributed by atoms with E-state index < -0.39 is 0 Å². The highest BCUT2D eigenvalue weighted by Crippen LogP contribution is 2.19. The number of hydrogen-bond acceptors (Lipinski definition) is 6. The summed E-state index contributed by atoms with van der Waals surface area (Å²) in [5.74, 6) is 13.1. The lowest BCUT2D eigenvalue weighted by Crippen LogP contribution is -2.08. The van der Waals surface area contributed by atoms with Crippen molar-refractivity contribution in [2.45, 2.75) is 12.8 Å². The number of hydrogen-bond donors (Lipinski definition) is 0. The van der Waals surface area contributed by atoms with Gasteiger partial charge in [-0.1, -0.05) is 47.9 Å². The quantitative estimate of drug-likeness (QED) is 0.171. The molecule has 0 radical (unpaired) electrons. The molecule has 206 valence electrons. The zero-order chi connectivity index (χ0) is 28.4. The normalized spacial score (nSPS) is 10.2. The minimum absolute atomic E-state index is 0.515. The second-order valence-corrected chi connectivity index (χ2v) is 8.86. The first-order valence-corrected chi connectivity index (χ1v) is 13.1. The molecule has 0 aliphatic carbocycles. The molecule has 0 amide bonds. The van der Waals surface area contributed by atoms with Crippen LogP contribution in [0.5, 0.6) is 0 Å². The van der Waals surface area contributed by atoms with Crippen LogP contribution in [0, 0.1) is 23.7 Å². The number of carbonyl (C=O) groups is 2. The van der Waals surface area contributed by atoms with Gasteiger partial charge in [0.05, 0.1) is 39.6 Å². The molecule has 3 aromatic carbocycles. The van der Waals surface area contributed by atoms with Gasteiger partial charge in [0.2, 0.25) is 0 Å². The maximum absolute atomic E-state index is 11.0. The smallest absolute Gasteiger partial charge is 0.150 e. The zero-order valence-electron chi connectivity index (χ0n) is 23.0. The van der Waals surface area contributed by atoms with Gasteiger partial charge in [0, 0.05) is 47.6 Å². The predicted octanol–water partition coefficient (Wildman–Crippen LogP) is 4.52. The second kappa shape index (κ2) is 17.5. The van der Waals surface area contributed by atoms with Gasteiger partial charge in [0.25, 0.3) is 0 Å². The fourth-order valence-corrected chi connectivity index (χ4v) is 3.76. The molecule has 3 aromatic rings. The molecule has 0 saturated carbocycles. The van der Waals surface area contributed by atoms with Crippen LogP contribution in [0.4, 0.5) is 0 Å². The van der Waals surface area contributed by atoms with Crippen molar-refractivity contribution < 1.29 is 28.5 Å². The molecule has 0 bridgehead atoms. The van der Waals surface area contributed by atoms with Crippen LogP contribution in [0.1, 0.15) is 54.1 Å². The van der Waals surface area contributed by atoms with Crippen molar-refractivity contribution in [1.82, 2.24) is 0 Å². The van der Waals surface area contributed by atoms with Gasteiger partial charge in [-0.25, -0.2) is 0 Å². The third kappa shape index (κ3) is 10.3. The summed E-state index contributed by atoms with van der Waals surface area (Å²) < 4.78 is 21.6. The Bertz CT molecular complexity index is 1250.